The Balaban J connectivity index is 1.98. The lowest BCUT2D eigenvalue weighted by Crippen LogP contribution is -2.40. The van der Waals surface area contributed by atoms with Crippen molar-refractivity contribution in [1.29, 1.82) is 0 Å². The molecule has 2 aromatic carbocycles. The molecular formula is C19H23NO. The highest BCUT2D eigenvalue weighted by molar-refractivity contribution is 5.34. The van der Waals surface area contributed by atoms with Crippen molar-refractivity contribution in [2.24, 2.45) is 5.92 Å². The van der Waals surface area contributed by atoms with Gasteiger partial charge in [-0.3, -0.25) is 0 Å². The molecule has 0 spiro atoms. The highest BCUT2D eigenvalue weighted by atomic mass is 16.5. The molecule has 1 heterocycles. The van der Waals surface area contributed by atoms with Crippen LogP contribution in [0.25, 0.3) is 0 Å². The van der Waals surface area contributed by atoms with Crippen molar-refractivity contribution in [2.75, 3.05) is 20.3 Å². The number of likely N-dealkylation sites (N-methyl/N-ethyl adjacent to an activating group) is 1. The largest absolute Gasteiger partial charge is 0.381 e. The second kappa shape index (κ2) is 6.88. The van der Waals surface area contributed by atoms with Crippen LogP contribution in [0.2, 0.25) is 0 Å². The molecular weight excluding hydrogens is 258 g/mol. The Morgan fingerprint density at radius 2 is 1.52 bits per heavy atom. The monoisotopic (exact) mass is 281 g/mol. The van der Waals surface area contributed by atoms with Gasteiger partial charge in [-0.2, -0.15) is 0 Å². The van der Waals surface area contributed by atoms with Crippen LogP contribution < -0.4 is 5.32 Å². The van der Waals surface area contributed by atoms with Gasteiger partial charge in [-0.05, 0) is 24.6 Å². The fourth-order valence-corrected chi connectivity index (χ4v) is 3.44. The fourth-order valence-electron chi connectivity index (χ4n) is 3.44. The van der Waals surface area contributed by atoms with E-state index in [4.69, 9.17) is 4.74 Å². The summed E-state index contributed by atoms with van der Waals surface area (Å²) in [7, 11) is 2.07. The number of benzene rings is 2. The molecule has 1 aliphatic rings. The van der Waals surface area contributed by atoms with Gasteiger partial charge in [-0.15, -0.1) is 0 Å². The van der Waals surface area contributed by atoms with Gasteiger partial charge in [0.1, 0.15) is 0 Å². The molecule has 2 heteroatoms. The maximum atomic E-state index is 5.62. The van der Waals surface area contributed by atoms with Gasteiger partial charge in [0.15, 0.2) is 0 Å². The summed E-state index contributed by atoms with van der Waals surface area (Å²) in [6.07, 6.45) is 1.14. The summed E-state index contributed by atoms with van der Waals surface area (Å²) in [4.78, 5) is 0. The Labute approximate surface area is 127 Å². The van der Waals surface area contributed by atoms with Gasteiger partial charge in [0.05, 0.1) is 6.61 Å². The van der Waals surface area contributed by atoms with Crippen LogP contribution in [0, 0.1) is 5.92 Å². The van der Waals surface area contributed by atoms with Gasteiger partial charge < -0.3 is 10.1 Å². The number of ether oxygens (including phenoxy) is 1. The van der Waals surface area contributed by atoms with E-state index in [1.54, 1.807) is 0 Å². The average Bonchev–Trinajstić information content (AvgIpc) is 3.08. The van der Waals surface area contributed by atoms with Crippen molar-refractivity contribution in [1.82, 2.24) is 5.32 Å². The van der Waals surface area contributed by atoms with Crippen LogP contribution in [0.3, 0.4) is 0 Å². The second-order valence-electron chi connectivity index (χ2n) is 5.74. The summed E-state index contributed by atoms with van der Waals surface area (Å²) >= 11 is 0. The number of hydrogen-bond acceptors (Lipinski definition) is 2. The second-order valence-corrected chi connectivity index (χ2v) is 5.74. The Morgan fingerprint density at radius 1 is 0.952 bits per heavy atom. The molecule has 2 unspecified atom stereocenters. The topological polar surface area (TPSA) is 21.3 Å². The lowest BCUT2D eigenvalue weighted by molar-refractivity contribution is 0.175. The van der Waals surface area contributed by atoms with E-state index >= 15 is 0 Å². The summed E-state index contributed by atoms with van der Waals surface area (Å²) in [5.41, 5.74) is 2.74. The third kappa shape index (κ3) is 3.17. The minimum atomic E-state index is 0.365. The van der Waals surface area contributed by atoms with Crippen molar-refractivity contribution < 1.29 is 4.74 Å². The molecule has 3 rings (SSSR count). The summed E-state index contributed by atoms with van der Waals surface area (Å²) < 4.78 is 5.62. The molecule has 0 aliphatic carbocycles. The summed E-state index contributed by atoms with van der Waals surface area (Å²) in [6.45, 7) is 1.75. The predicted molar refractivity (Wildman–Crippen MR) is 86.5 cm³/mol. The predicted octanol–water partition coefficient (Wildman–Crippen LogP) is 3.44. The van der Waals surface area contributed by atoms with Crippen LogP contribution in [0.15, 0.2) is 60.7 Å². The van der Waals surface area contributed by atoms with Crippen LogP contribution in [-0.4, -0.2) is 26.3 Å². The number of nitrogens with one attached hydrogen (secondary N) is 1. The van der Waals surface area contributed by atoms with Gasteiger partial charge in [-0.1, -0.05) is 60.7 Å². The first kappa shape index (κ1) is 14.3. The molecule has 1 aliphatic heterocycles. The molecule has 110 valence electrons. The molecule has 0 radical (unpaired) electrons. The molecule has 0 saturated carbocycles. The molecule has 0 aromatic heterocycles. The van der Waals surface area contributed by atoms with Crippen molar-refractivity contribution in [3.05, 3.63) is 71.8 Å². The van der Waals surface area contributed by atoms with Gasteiger partial charge in [0.25, 0.3) is 0 Å². The van der Waals surface area contributed by atoms with E-state index in [2.05, 4.69) is 73.0 Å². The smallest absolute Gasteiger partial charge is 0.0510 e. The first-order valence-corrected chi connectivity index (χ1v) is 7.75. The third-order valence-corrected chi connectivity index (χ3v) is 4.48. The number of hydrogen-bond donors (Lipinski definition) is 1. The zero-order valence-electron chi connectivity index (χ0n) is 12.5. The van der Waals surface area contributed by atoms with E-state index < -0.39 is 0 Å². The fraction of sp³-hybridized carbons (Fsp3) is 0.368. The van der Waals surface area contributed by atoms with Crippen molar-refractivity contribution in [3.8, 4) is 0 Å². The molecule has 1 N–H and O–H groups in total. The van der Waals surface area contributed by atoms with E-state index in [1.165, 1.54) is 11.1 Å². The number of rotatable bonds is 5. The average molecular weight is 281 g/mol. The third-order valence-electron chi connectivity index (χ3n) is 4.48. The van der Waals surface area contributed by atoms with Crippen LogP contribution in [-0.2, 0) is 4.74 Å². The van der Waals surface area contributed by atoms with Crippen LogP contribution in [0.5, 0.6) is 0 Å². The van der Waals surface area contributed by atoms with Gasteiger partial charge in [0, 0.05) is 24.5 Å². The zero-order chi connectivity index (χ0) is 14.5. The standard InChI is InChI=1S/C19H23NO/c1-20-19(17-12-13-21-14-17)18(15-8-4-2-5-9-15)16-10-6-3-7-11-16/h2-11,17-20H,12-14H2,1H3. The minimum absolute atomic E-state index is 0.365. The molecule has 2 nitrogen and oxygen atoms in total. The Bertz CT molecular complexity index is 495. The molecule has 0 amide bonds. The highest BCUT2D eigenvalue weighted by Gasteiger charge is 2.32. The van der Waals surface area contributed by atoms with Gasteiger partial charge in [-0.25, -0.2) is 0 Å². The quantitative estimate of drug-likeness (QED) is 0.906. The van der Waals surface area contributed by atoms with Crippen molar-refractivity contribution >= 4 is 0 Å². The first-order valence-electron chi connectivity index (χ1n) is 7.75. The van der Waals surface area contributed by atoms with Gasteiger partial charge >= 0.3 is 0 Å². The maximum Gasteiger partial charge on any atom is 0.0510 e. The lowest BCUT2D eigenvalue weighted by atomic mass is 9.79. The van der Waals surface area contributed by atoms with E-state index in [9.17, 15) is 0 Å². The van der Waals surface area contributed by atoms with Crippen LogP contribution in [0.1, 0.15) is 23.5 Å². The van der Waals surface area contributed by atoms with Crippen molar-refractivity contribution in [3.63, 3.8) is 0 Å². The molecule has 0 bridgehead atoms. The van der Waals surface area contributed by atoms with Crippen LogP contribution in [0.4, 0.5) is 0 Å². The normalized spacial score (nSPS) is 19.8. The van der Waals surface area contributed by atoms with Crippen molar-refractivity contribution in [2.45, 2.75) is 18.4 Å². The van der Waals surface area contributed by atoms with E-state index in [-0.39, 0.29) is 0 Å². The molecule has 2 atom stereocenters. The Hall–Kier alpha value is -1.64. The molecule has 1 fully saturated rings. The zero-order valence-corrected chi connectivity index (χ0v) is 12.5. The van der Waals surface area contributed by atoms with E-state index in [1.807, 2.05) is 0 Å². The van der Waals surface area contributed by atoms with Gasteiger partial charge in [0.2, 0.25) is 0 Å². The highest BCUT2D eigenvalue weighted by Crippen LogP contribution is 2.34. The molecule has 2 aromatic rings. The Kier molecular flexibility index (Phi) is 4.69. The molecule has 1 saturated heterocycles. The SMILES string of the molecule is CNC(C1CCOC1)C(c1ccccc1)c1ccccc1. The van der Waals surface area contributed by atoms with Crippen LogP contribution >= 0.6 is 0 Å². The summed E-state index contributed by atoms with van der Waals surface area (Å²) in [5, 5.41) is 3.56. The maximum absolute atomic E-state index is 5.62. The lowest BCUT2D eigenvalue weighted by Gasteiger charge is -2.32. The van der Waals surface area contributed by atoms with E-state index in [0.717, 1.165) is 19.6 Å². The summed E-state index contributed by atoms with van der Waals surface area (Å²) in [6, 6.07) is 22.0. The minimum Gasteiger partial charge on any atom is -0.381 e. The summed E-state index contributed by atoms with van der Waals surface area (Å²) in [5.74, 6) is 0.935. The van der Waals surface area contributed by atoms with E-state index in [0.29, 0.717) is 17.9 Å². The first-order chi connectivity index (χ1) is 10.4. The Morgan fingerprint density at radius 3 is 1.95 bits per heavy atom. The molecule has 21 heavy (non-hydrogen) atoms.